The maximum absolute atomic E-state index is 14.7. The van der Waals surface area contributed by atoms with E-state index in [2.05, 4.69) is 57.1 Å². The second kappa shape index (κ2) is 13.0. The maximum atomic E-state index is 14.7. The molecule has 2 aliphatic rings. The van der Waals surface area contributed by atoms with E-state index < -0.39 is 11.5 Å². The zero-order valence-electron chi connectivity index (χ0n) is 25.5. The van der Waals surface area contributed by atoms with Crippen LogP contribution in [0.2, 0.25) is 10.0 Å². The predicted molar refractivity (Wildman–Crippen MR) is 171 cm³/mol. The summed E-state index contributed by atoms with van der Waals surface area (Å²) in [7, 11) is 0. The van der Waals surface area contributed by atoms with Gasteiger partial charge in [0.2, 0.25) is 5.91 Å². The molecule has 4 rings (SSSR count). The molecular weight excluding hydrogens is 569 g/mol. The van der Waals surface area contributed by atoms with Gasteiger partial charge in [0.05, 0.1) is 17.5 Å². The van der Waals surface area contributed by atoms with Gasteiger partial charge in [0.1, 0.15) is 0 Å². The van der Waals surface area contributed by atoms with Crippen LogP contribution in [0, 0.1) is 10.8 Å². The Hall–Kier alpha value is -2.54. The molecule has 0 spiro atoms. The first kappa shape index (κ1) is 32.4. The molecule has 2 aromatic rings. The number of carboxylic acid groups (broad SMARTS) is 1. The van der Waals surface area contributed by atoms with Gasteiger partial charge in [-0.05, 0) is 60.1 Å². The summed E-state index contributed by atoms with van der Waals surface area (Å²) in [5.41, 5.74) is 1.31. The molecule has 5 atom stereocenters. The first-order valence-corrected chi connectivity index (χ1v) is 15.7. The molecular formula is C34H45Cl2N3O3. The molecule has 42 heavy (non-hydrogen) atoms. The second-order valence-electron chi connectivity index (χ2n) is 13.3. The third-order valence-corrected chi connectivity index (χ3v) is 9.72. The van der Waals surface area contributed by atoms with Gasteiger partial charge in [0.15, 0.2) is 0 Å². The van der Waals surface area contributed by atoms with E-state index in [-0.39, 0.29) is 35.4 Å². The van der Waals surface area contributed by atoms with E-state index in [9.17, 15) is 14.7 Å². The Bertz CT molecular complexity index is 1280. The molecule has 2 aliphatic heterocycles. The molecule has 0 bridgehead atoms. The SMILES string of the molecule is C=CC[C@@]1(C)C[C@H](c2cccc(Cl)c2)[C@@H](c2ccc(Cl)cc2)N(C(CC)CN2CCN(C(=O)O)C(C(C)(C)C)C2)C1=O. The molecule has 6 nitrogen and oxygen atoms in total. The Labute approximate surface area is 261 Å². The molecule has 1 N–H and O–H groups in total. The van der Waals surface area contributed by atoms with Crippen molar-refractivity contribution in [3.05, 3.63) is 82.4 Å². The minimum Gasteiger partial charge on any atom is -0.465 e. The molecule has 0 saturated carbocycles. The quantitative estimate of drug-likeness (QED) is 0.305. The average molecular weight is 615 g/mol. The highest BCUT2D eigenvalue weighted by Gasteiger charge is 2.51. The molecule has 2 heterocycles. The fourth-order valence-electron chi connectivity index (χ4n) is 6.98. The highest BCUT2D eigenvalue weighted by molar-refractivity contribution is 6.30. The molecule has 2 fully saturated rings. The number of halogens is 2. The van der Waals surface area contributed by atoms with Gasteiger partial charge < -0.3 is 14.9 Å². The van der Waals surface area contributed by atoms with Crippen LogP contribution in [0.25, 0.3) is 0 Å². The van der Waals surface area contributed by atoms with Gasteiger partial charge in [-0.3, -0.25) is 9.69 Å². The van der Waals surface area contributed by atoms with E-state index in [1.165, 1.54) is 0 Å². The lowest BCUT2D eigenvalue weighted by atomic mass is 9.67. The Kier molecular flexibility index (Phi) is 10.0. The van der Waals surface area contributed by atoms with Crippen molar-refractivity contribution in [2.45, 2.75) is 77.9 Å². The van der Waals surface area contributed by atoms with E-state index in [4.69, 9.17) is 23.2 Å². The number of hydrogen-bond donors (Lipinski definition) is 1. The summed E-state index contributed by atoms with van der Waals surface area (Å²) in [6.07, 6.45) is 2.99. The number of hydrogen-bond acceptors (Lipinski definition) is 3. The summed E-state index contributed by atoms with van der Waals surface area (Å²) in [5, 5.41) is 11.2. The molecule has 2 aromatic carbocycles. The number of nitrogens with zero attached hydrogens (tertiary/aromatic N) is 3. The Morgan fingerprint density at radius 3 is 2.38 bits per heavy atom. The molecule has 0 radical (unpaired) electrons. The van der Waals surface area contributed by atoms with Crippen molar-refractivity contribution >= 4 is 35.2 Å². The third-order valence-electron chi connectivity index (χ3n) is 9.23. The largest absolute Gasteiger partial charge is 0.465 e. The van der Waals surface area contributed by atoms with Gasteiger partial charge in [0.25, 0.3) is 0 Å². The number of rotatable bonds is 8. The Morgan fingerprint density at radius 2 is 1.81 bits per heavy atom. The monoisotopic (exact) mass is 613 g/mol. The van der Waals surface area contributed by atoms with Crippen LogP contribution >= 0.6 is 23.2 Å². The van der Waals surface area contributed by atoms with Crippen LogP contribution < -0.4 is 0 Å². The fourth-order valence-corrected chi connectivity index (χ4v) is 7.30. The topological polar surface area (TPSA) is 64.1 Å². The Balaban J connectivity index is 1.78. The van der Waals surface area contributed by atoms with Crippen LogP contribution in [0.15, 0.2) is 61.2 Å². The van der Waals surface area contributed by atoms with Gasteiger partial charge in [-0.1, -0.05) is 88.2 Å². The van der Waals surface area contributed by atoms with Crippen LogP contribution in [0.1, 0.15) is 77.0 Å². The van der Waals surface area contributed by atoms with Crippen molar-refractivity contribution in [2.75, 3.05) is 26.2 Å². The summed E-state index contributed by atoms with van der Waals surface area (Å²) in [6, 6.07) is 15.4. The second-order valence-corrected chi connectivity index (χ2v) is 14.2. The van der Waals surface area contributed by atoms with Crippen molar-refractivity contribution < 1.29 is 14.7 Å². The van der Waals surface area contributed by atoms with Gasteiger partial charge in [-0.15, -0.1) is 6.58 Å². The van der Waals surface area contributed by atoms with Crippen molar-refractivity contribution in [3.8, 4) is 0 Å². The zero-order chi connectivity index (χ0) is 30.8. The lowest BCUT2D eigenvalue weighted by Gasteiger charge is -2.53. The first-order chi connectivity index (χ1) is 19.8. The number of carbonyl (C=O) groups is 2. The van der Waals surface area contributed by atoms with Gasteiger partial charge in [-0.25, -0.2) is 4.79 Å². The summed E-state index contributed by atoms with van der Waals surface area (Å²) < 4.78 is 0. The lowest BCUT2D eigenvalue weighted by Crippen LogP contribution is -2.62. The van der Waals surface area contributed by atoms with E-state index in [0.29, 0.717) is 49.1 Å². The number of allylic oxidation sites excluding steroid dienone is 1. The normalized spacial score (nSPS) is 26.3. The predicted octanol–water partition coefficient (Wildman–Crippen LogP) is 8.12. The molecule has 0 aromatic heterocycles. The summed E-state index contributed by atoms with van der Waals surface area (Å²) in [6.45, 7) is 16.8. The highest BCUT2D eigenvalue weighted by Crippen LogP contribution is 2.52. The molecule has 228 valence electrons. The van der Waals surface area contributed by atoms with Crippen molar-refractivity contribution in [1.82, 2.24) is 14.7 Å². The summed E-state index contributed by atoms with van der Waals surface area (Å²) in [4.78, 5) is 32.8. The smallest absolute Gasteiger partial charge is 0.407 e. The number of carbonyl (C=O) groups excluding carboxylic acids is 1. The minimum atomic E-state index is -0.875. The fraction of sp³-hybridized carbons (Fsp3) is 0.529. The number of likely N-dealkylation sites (tertiary alicyclic amines) is 1. The number of benzene rings is 2. The van der Waals surface area contributed by atoms with E-state index >= 15 is 0 Å². The highest BCUT2D eigenvalue weighted by atomic mass is 35.5. The Morgan fingerprint density at radius 1 is 1.12 bits per heavy atom. The van der Waals surface area contributed by atoms with Crippen LogP contribution in [0.3, 0.4) is 0 Å². The maximum Gasteiger partial charge on any atom is 0.407 e. The molecule has 8 heteroatoms. The number of piperidine rings is 1. The average Bonchev–Trinajstić information content (AvgIpc) is 2.93. The van der Waals surface area contributed by atoms with Gasteiger partial charge in [0, 0.05) is 48.2 Å². The van der Waals surface area contributed by atoms with Crippen molar-refractivity contribution in [3.63, 3.8) is 0 Å². The van der Waals surface area contributed by atoms with Crippen molar-refractivity contribution in [2.24, 2.45) is 10.8 Å². The summed E-state index contributed by atoms with van der Waals surface area (Å²) in [5.74, 6) is 0.136. The first-order valence-electron chi connectivity index (χ1n) is 15.0. The van der Waals surface area contributed by atoms with Crippen LogP contribution in [0.4, 0.5) is 4.79 Å². The van der Waals surface area contributed by atoms with Crippen LogP contribution in [0.5, 0.6) is 0 Å². The van der Waals surface area contributed by atoms with Gasteiger partial charge in [-0.2, -0.15) is 0 Å². The third kappa shape index (κ3) is 6.82. The van der Waals surface area contributed by atoms with Crippen molar-refractivity contribution in [1.29, 1.82) is 0 Å². The van der Waals surface area contributed by atoms with Crippen LogP contribution in [-0.2, 0) is 4.79 Å². The number of piperazine rings is 1. The van der Waals surface area contributed by atoms with Gasteiger partial charge >= 0.3 is 6.09 Å². The summed E-state index contributed by atoms with van der Waals surface area (Å²) >= 11 is 12.8. The minimum absolute atomic E-state index is 0.00718. The standard InChI is InChI=1S/C34H45Cl2N3O3/c1-7-16-34(6)20-28(24-10-9-11-26(36)19-24)30(23-12-14-25(35)15-13-23)39(31(34)40)27(8-2)21-37-17-18-38(32(41)42)29(22-37)33(3,4)5/h7,9-15,19,27-30H,1,8,16-18,20-22H2,2-6H3,(H,41,42)/t27?,28-,29?,30-,34+/m1/s1. The van der Waals surface area contributed by atoms with E-state index in [1.54, 1.807) is 4.90 Å². The molecule has 0 aliphatic carbocycles. The van der Waals surface area contributed by atoms with E-state index in [1.807, 2.05) is 48.5 Å². The molecule has 2 amide bonds. The van der Waals surface area contributed by atoms with Crippen LogP contribution in [-0.4, -0.2) is 70.1 Å². The lowest BCUT2D eigenvalue weighted by molar-refractivity contribution is -0.155. The zero-order valence-corrected chi connectivity index (χ0v) is 27.0. The number of amides is 2. The molecule has 2 saturated heterocycles. The molecule has 2 unspecified atom stereocenters. The van der Waals surface area contributed by atoms with E-state index in [0.717, 1.165) is 17.5 Å².